The number of pyridine rings is 1. The van der Waals surface area contributed by atoms with Gasteiger partial charge in [0.25, 0.3) is 0 Å². The summed E-state index contributed by atoms with van der Waals surface area (Å²) >= 11 is 15.0. The van der Waals surface area contributed by atoms with E-state index in [1.807, 2.05) is 17.5 Å². The minimum Gasteiger partial charge on any atom is -0.302 e. The first-order valence-electron chi connectivity index (χ1n) is 10.8. The maximum absolute atomic E-state index is 12.4. The summed E-state index contributed by atoms with van der Waals surface area (Å²) in [5.74, 6) is 0.406. The van der Waals surface area contributed by atoms with Crippen molar-refractivity contribution in [3.63, 3.8) is 0 Å². The quantitative estimate of drug-likeness (QED) is 0.351. The minimum absolute atomic E-state index is 0.129. The number of nitriles is 1. The zero-order chi connectivity index (χ0) is 23.2. The molecule has 0 unspecified atom stereocenters. The number of carbonyl (C=O) groups is 1. The van der Waals surface area contributed by atoms with Crippen LogP contribution in [0, 0.1) is 11.3 Å². The highest BCUT2D eigenvalue weighted by atomic mass is 35.5. The van der Waals surface area contributed by atoms with Crippen LogP contribution in [0.4, 0.5) is 5.13 Å². The van der Waals surface area contributed by atoms with Gasteiger partial charge in [-0.1, -0.05) is 36.0 Å². The van der Waals surface area contributed by atoms with Crippen molar-refractivity contribution in [1.82, 2.24) is 9.97 Å². The fourth-order valence-electron chi connectivity index (χ4n) is 3.73. The summed E-state index contributed by atoms with van der Waals surface area (Å²) in [6, 6.07) is 9.50. The molecule has 5 nitrogen and oxygen atoms in total. The van der Waals surface area contributed by atoms with Crippen LogP contribution in [-0.2, 0) is 17.6 Å². The Morgan fingerprint density at radius 2 is 1.97 bits per heavy atom. The van der Waals surface area contributed by atoms with Gasteiger partial charge in [0.05, 0.1) is 16.3 Å². The highest BCUT2D eigenvalue weighted by Crippen LogP contribution is 2.32. The number of nitrogens with zero attached hydrogens (tertiary/aromatic N) is 3. The number of hydrogen-bond donors (Lipinski definition) is 1. The predicted molar refractivity (Wildman–Crippen MR) is 136 cm³/mol. The van der Waals surface area contributed by atoms with E-state index in [-0.39, 0.29) is 5.91 Å². The summed E-state index contributed by atoms with van der Waals surface area (Å²) in [6.45, 7) is 0. The first-order valence-corrected chi connectivity index (χ1v) is 13.4. The number of amides is 1. The largest absolute Gasteiger partial charge is 0.302 e. The molecule has 0 saturated heterocycles. The standard InChI is InChI=1S/C24H22Cl2N4OS2/c25-17-7-8-18(19(26)12-17)21-14-33-24(29-21)30-22(31)9-10-32-23-16(13-27)11-15-5-3-1-2-4-6-20(15)28-23/h7-8,11-12,14H,1-6,9-10H2,(H,29,30,31). The molecule has 1 N–H and O–H groups in total. The van der Waals surface area contributed by atoms with Gasteiger partial charge in [0.2, 0.25) is 5.91 Å². The highest BCUT2D eigenvalue weighted by Gasteiger charge is 2.15. The van der Waals surface area contributed by atoms with Gasteiger partial charge in [0.1, 0.15) is 11.1 Å². The van der Waals surface area contributed by atoms with Crippen molar-refractivity contribution < 1.29 is 4.79 Å². The molecule has 170 valence electrons. The molecule has 0 spiro atoms. The Kier molecular flexibility index (Phi) is 8.26. The molecule has 33 heavy (non-hydrogen) atoms. The molecule has 2 aromatic heterocycles. The number of aromatic nitrogens is 2. The number of carbonyl (C=O) groups excluding carboxylic acids is 1. The van der Waals surface area contributed by atoms with Crippen LogP contribution in [0.1, 0.15) is 48.9 Å². The Bertz CT molecular complexity index is 1210. The van der Waals surface area contributed by atoms with E-state index < -0.39 is 0 Å². The molecule has 0 fully saturated rings. The van der Waals surface area contributed by atoms with Crippen molar-refractivity contribution in [3.05, 3.63) is 56.5 Å². The first kappa shape index (κ1) is 24.0. The van der Waals surface area contributed by atoms with Gasteiger partial charge in [0.15, 0.2) is 5.13 Å². The van der Waals surface area contributed by atoms with Gasteiger partial charge in [-0.05, 0) is 55.5 Å². The molecule has 0 aliphatic heterocycles. The van der Waals surface area contributed by atoms with Gasteiger partial charge in [-0.3, -0.25) is 4.79 Å². The molecular formula is C24H22Cl2N4OS2. The number of aryl methyl sites for hydroxylation is 2. The Hall–Kier alpha value is -2.11. The van der Waals surface area contributed by atoms with E-state index in [4.69, 9.17) is 28.2 Å². The van der Waals surface area contributed by atoms with E-state index in [9.17, 15) is 10.1 Å². The number of hydrogen-bond acceptors (Lipinski definition) is 6. The maximum atomic E-state index is 12.4. The molecule has 0 atom stereocenters. The Labute approximate surface area is 211 Å². The van der Waals surface area contributed by atoms with Crippen LogP contribution in [0.5, 0.6) is 0 Å². The van der Waals surface area contributed by atoms with Crippen LogP contribution >= 0.6 is 46.3 Å². The second-order valence-electron chi connectivity index (χ2n) is 7.78. The van der Waals surface area contributed by atoms with Crippen LogP contribution in [0.15, 0.2) is 34.7 Å². The zero-order valence-corrected chi connectivity index (χ0v) is 21.0. The second kappa shape index (κ2) is 11.3. The van der Waals surface area contributed by atoms with Crippen LogP contribution < -0.4 is 5.32 Å². The Morgan fingerprint density at radius 1 is 1.15 bits per heavy atom. The highest BCUT2D eigenvalue weighted by molar-refractivity contribution is 7.99. The van der Waals surface area contributed by atoms with Crippen molar-refractivity contribution in [2.24, 2.45) is 0 Å². The van der Waals surface area contributed by atoms with Crippen molar-refractivity contribution in [2.45, 2.75) is 50.0 Å². The van der Waals surface area contributed by atoms with Crippen LogP contribution in [0.3, 0.4) is 0 Å². The normalized spacial score (nSPS) is 13.5. The van der Waals surface area contributed by atoms with E-state index in [1.165, 1.54) is 41.5 Å². The second-order valence-corrected chi connectivity index (χ2v) is 10.6. The molecule has 1 amide bonds. The molecule has 4 rings (SSSR count). The Morgan fingerprint density at radius 3 is 2.76 bits per heavy atom. The Balaban J connectivity index is 1.35. The van der Waals surface area contributed by atoms with Gasteiger partial charge in [-0.2, -0.15) is 5.26 Å². The maximum Gasteiger partial charge on any atom is 0.226 e. The molecule has 9 heteroatoms. The number of fused-ring (bicyclic) bond motifs is 1. The summed E-state index contributed by atoms with van der Waals surface area (Å²) in [7, 11) is 0. The number of nitrogens with one attached hydrogen (secondary N) is 1. The molecule has 3 aromatic rings. The number of benzene rings is 1. The van der Waals surface area contributed by atoms with Gasteiger partial charge < -0.3 is 5.32 Å². The molecule has 0 saturated carbocycles. The zero-order valence-electron chi connectivity index (χ0n) is 17.9. The van der Waals surface area contributed by atoms with Gasteiger partial charge >= 0.3 is 0 Å². The number of rotatable bonds is 6. The molecule has 1 aliphatic rings. The predicted octanol–water partition coefficient (Wildman–Crippen LogP) is 7.16. The fourth-order valence-corrected chi connectivity index (χ4v) is 5.88. The van der Waals surface area contributed by atoms with Crippen molar-refractivity contribution in [2.75, 3.05) is 11.1 Å². The smallest absolute Gasteiger partial charge is 0.226 e. The summed E-state index contributed by atoms with van der Waals surface area (Å²) in [5.41, 5.74) is 4.37. The van der Waals surface area contributed by atoms with Crippen molar-refractivity contribution in [1.29, 1.82) is 5.26 Å². The summed E-state index contributed by atoms with van der Waals surface area (Å²) in [5, 5.41) is 16.6. The SMILES string of the molecule is N#Cc1cc2c(nc1SCCC(=O)Nc1nc(-c3ccc(Cl)cc3Cl)cs1)CCCCCC2. The van der Waals surface area contributed by atoms with E-state index in [0.29, 0.717) is 38.6 Å². The lowest BCUT2D eigenvalue weighted by Gasteiger charge is -2.15. The van der Waals surface area contributed by atoms with Gasteiger partial charge in [-0.25, -0.2) is 9.97 Å². The average Bonchev–Trinajstić information content (AvgIpc) is 3.22. The summed E-state index contributed by atoms with van der Waals surface area (Å²) in [6.07, 6.45) is 6.99. The van der Waals surface area contributed by atoms with E-state index in [1.54, 1.807) is 12.1 Å². The van der Waals surface area contributed by atoms with Crippen molar-refractivity contribution in [3.8, 4) is 17.3 Å². The third kappa shape index (κ3) is 6.27. The third-order valence-corrected chi connectivity index (χ3v) is 7.71. The number of anilines is 1. The molecule has 1 aromatic carbocycles. The van der Waals surface area contributed by atoms with Crippen LogP contribution in [-0.4, -0.2) is 21.6 Å². The molecule has 0 radical (unpaired) electrons. The molecule has 2 heterocycles. The number of halogens is 2. The number of thiazole rings is 1. The van der Waals surface area contributed by atoms with E-state index in [2.05, 4.69) is 16.4 Å². The van der Waals surface area contributed by atoms with Gasteiger partial charge in [-0.15, -0.1) is 23.1 Å². The lowest BCUT2D eigenvalue weighted by atomic mass is 9.96. The van der Waals surface area contributed by atoms with Crippen molar-refractivity contribution >= 4 is 57.3 Å². The average molecular weight is 518 g/mol. The van der Waals surface area contributed by atoms with Gasteiger partial charge in [0, 0.05) is 33.8 Å². The lowest BCUT2D eigenvalue weighted by molar-refractivity contribution is -0.115. The van der Waals surface area contributed by atoms with E-state index >= 15 is 0 Å². The summed E-state index contributed by atoms with van der Waals surface area (Å²) in [4.78, 5) is 21.7. The molecule has 0 bridgehead atoms. The monoisotopic (exact) mass is 516 g/mol. The third-order valence-electron chi connectivity index (χ3n) is 5.41. The van der Waals surface area contributed by atoms with Crippen LogP contribution in [0.25, 0.3) is 11.3 Å². The van der Waals surface area contributed by atoms with Crippen LogP contribution in [0.2, 0.25) is 10.0 Å². The molecule has 1 aliphatic carbocycles. The first-order chi connectivity index (χ1) is 16.0. The number of thioether (sulfide) groups is 1. The fraction of sp³-hybridized carbons (Fsp3) is 0.333. The van der Waals surface area contributed by atoms with E-state index in [0.717, 1.165) is 42.0 Å². The lowest BCUT2D eigenvalue weighted by Crippen LogP contribution is -2.12. The summed E-state index contributed by atoms with van der Waals surface area (Å²) < 4.78 is 0. The minimum atomic E-state index is -0.129. The molecular weight excluding hydrogens is 495 g/mol. The topological polar surface area (TPSA) is 78.7 Å².